The van der Waals surface area contributed by atoms with Crippen molar-refractivity contribution in [2.45, 2.75) is 18.1 Å². The van der Waals surface area contributed by atoms with Crippen LogP contribution in [-0.4, -0.2) is 13.1 Å². The minimum atomic E-state index is -0.966. The van der Waals surface area contributed by atoms with Crippen LogP contribution in [0.15, 0.2) is 114 Å². The van der Waals surface area contributed by atoms with Crippen molar-refractivity contribution in [1.82, 2.24) is 0 Å². The number of rotatable bonds is 6. The predicted molar refractivity (Wildman–Crippen MR) is 128 cm³/mol. The molecule has 4 aromatic rings. The molecule has 164 valence electrons. The lowest BCUT2D eigenvalue weighted by Gasteiger charge is -2.34. The van der Waals surface area contributed by atoms with Crippen molar-refractivity contribution in [3.8, 4) is 0 Å². The molecule has 5 rings (SSSR count). The average Bonchev–Trinajstić information content (AvgIpc) is 3.33. The van der Waals surface area contributed by atoms with Crippen molar-refractivity contribution in [2.24, 2.45) is 0 Å². The molecule has 1 aliphatic carbocycles. The first-order chi connectivity index (χ1) is 16.2. The van der Waals surface area contributed by atoms with Gasteiger partial charge in [-0.1, -0.05) is 91.0 Å². The van der Waals surface area contributed by atoms with Gasteiger partial charge in [0.2, 0.25) is 0 Å². The van der Waals surface area contributed by atoms with Crippen molar-refractivity contribution in [3.63, 3.8) is 0 Å². The van der Waals surface area contributed by atoms with Crippen LogP contribution in [0.1, 0.15) is 29.4 Å². The van der Waals surface area contributed by atoms with Gasteiger partial charge in [0.05, 0.1) is 7.11 Å². The van der Waals surface area contributed by atoms with Gasteiger partial charge < -0.3 is 13.9 Å². The van der Waals surface area contributed by atoms with Crippen LogP contribution in [0.25, 0.3) is 16.5 Å². The molecule has 0 N–H and O–H groups in total. The van der Waals surface area contributed by atoms with E-state index in [-0.39, 0.29) is 0 Å². The highest BCUT2D eigenvalue weighted by Crippen LogP contribution is 2.43. The highest BCUT2D eigenvalue weighted by Gasteiger charge is 2.40. The third-order valence-electron chi connectivity index (χ3n) is 5.95. The molecule has 4 heteroatoms. The van der Waals surface area contributed by atoms with Gasteiger partial charge in [-0.25, -0.2) is 4.79 Å². The number of hydrogen-bond donors (Lipinski definition) is 0. The third kappa shape index (κ3) is 4.13. The molecule has 0 spiro atoms. The Morgan fingerprint density at radius 1 is 0.939 bits per heavy atom. The summed E-state index contributed by atoms with van der Waals surface area (Å²) in [6.07, 6.45) is 5.76. The van der Waals surface area contributed by atoms with Crippen LogP contribution in [0.5, 0.6) is 0 Å². The van der Waals surface area contributed by atoms with Gasteiger partial charge in [0.15, 0.2) is 6.10 Å². The Kier molecular flexibility index (Phi) is 5.68. The first kappa shape index (κ1) is 21.0. The second kappa shape index (κ2) is 8.93. The Hall–Kier alpha value is -3.89. The van der Waals surface area contributed by atoms with Crippen LogP contribution in [0.2, 0.25) is 0 Å². The Morgan fingerprint density at radius 2 is 1.64 bits per heavy atom. The van der Waals surface area contributed by atoms with Gasteiger partial charge in [0.25, 0.3) is 0 Å². The summed E-state index contributed by atoms with van der Waals surface area (Å²) >= 11 is 0. The SMILES string of the molecule is COC(=O)C(OC1(c2cc3ccccc3o2)C=CC(c2ccccc2)=CC1)c1ccccc1. The van der Waals surface area contributed by atoms with Crippen LogP contribution < -0.4 is 0 Å². The molecule has 0 fully saturated rings. The van der Waals surface area contributed by atoms with E-state index in [9.17, 15) is 4.79 Å². The molecule has 0 radical (unpaired) electrons. The zero-order chi connectivity index (χ0) is 22.7. The maximum absolute atomic E-state index is 12.8. The van der Waals surface area contributed by atoms with Gasteiger partial charge in [-0.05, 0) is 34.9 Å². The molecule has 0 bridgehead atoms. The maximum Gasteiger partial charge on any atom is 0.339 e. The fraction of sp³-hybridized carbons (Fsp3) is 0.138. The molecular formula is C29H24O4. The third-order valence-corrected chi connectivity index (χ3v) is 5.95. The Labute approximate surface area is 192 Å². The summed E-state index contributed by atoms with van der Waals surface area (Å²) in [5, 5.41) is 0.982. The lowest BCUT2D eigenvalue weighted by Crippen LogP contribution is -2.33. The first-order valence-corrected chi connectivity index (χ1v) is 10.9. The van der Waals surface area contributed by atoms with Crippen molar-refractivity contribution in [1.29, 1.82) is 0 Å². The molecule has 1 heterocycles. The number of carbonyl (C=O) groups excluding carboxylic acids is 1. The van der Waals surface area contributed by atoms with Crippen molar-refractivity contribution in [2.75, 3.05) is 7.11 Å². The molecular weight excluding hydrogens is 412 g/mol. The molecule has 4 nitrogen and oxygen atoms in total. The minimum Gasteiger partial charge on any atom is -0.467 e. The van der Waals surface area contributed by atoms with Crippen LogP contribution in [0.3, 0.4) is 0 Å². The van der Waals surface area contributed by atoms with E-state index in [0.717, 1.165) is 27.7 Å². The minimum absolute atomic E-state index is 0.456. The van der Waals surface area contributed by atoms with E-state index >= 15 is 0 Å². The number of carbonyl (C=O) groups is 1. The molecule has 0 saturated heterocycles. The lowest BCUT2D eigenvalue weighted by atomic mass is 9.87. The van der Waals surface area contributed by atoms with E-state index in [2.05, 4.69) is 18.2 Å². The predicted octanol–water partition coefficient (Wildman–Crippen LogP) is 6.60. The summed E-state index contributed by atoms with van der Waals surface area (Å²) in [5.74, 6) is 0.191. The Balaban J connectivity index is 1.58. The van der Waals surface area contributed by atoms with Crippen molar-refractivity contribution < 1.29 is 18.7 Å². The standard InChI is InChI=1S/C29H24O4/c1-31-28(30)27(23-12-6-3-7-13-23)33-29(26-20-24-14-8-9-15-25(24)32-26)18-16-22(17-19-29)21-10-4-2-5-11-21/h2-18,20,27H,19H2,1H3. The fourth-order valence-corrected chi connectivity index (χ4v) is 4.18. The van der Waals surface area contributed by atoms with Gasteiger partial charge in [-0.3, -0.25) is 0 Å². The van der Waals surface area contributed by atoms with Crippen molar-refractivity contribution in [3.05, 3.63) is 126 Å². The Morgan fingerprint density at radius 3 is 2.30 bits per heavy atom. The van der Waals surface area contributed by atoms with Gasteiger partial charge in [-0.15, -0.1) is 0 Å². The normalized spacial score (nSPS) is 18.6. The van der Waals surface area contributed by atoms with Gasteiger partial charge >= 0.3 is 5.97 Å². The first-order valence-electron chi connectivity index (χ1n) is 10.9. The summed E-state index contributed by atoms with van der Waals surface area (Å²) < 4.78 is 18.0. The molecule has 1 aromatic heterocycles. The van der Waals surface area contributed by atoms with E-state index in [1.165, 1.54) is 7.11 Å². The fourth-order valence-electron chi connectivity index (χ4n) is 4.18. The quantitative estimate of drug-likeness (QED) is 0.319. The molecule has 2 atom stereocenters. The Bertz CT molecular complexity index is 1280. The van der Waals surface area contributed by atoms with Gasteiger partial charge in [0, 0.05) is 11.8 Å². The number of para-hydroxylation sites is 1. The number of furan rings is 1. The van der Waals surface area contributed by atoms with E-state index in [1.807, 2.05) is 91.0 Å². The van der Waals surface area contributed by atoms with E-state index < -0.39 is 17.7 Å². The molecule has 33 heavy (non-hydrogen) atoms. The van der Waals surface area contributed by atoms with E-state index in [0.29, 0.717) is 12.2 Å². The van der Waals surface area contributed by atoms with Gasteiger partial charge in [-0.2, -0.15) is 0 Å². The lowest BCUT2D eigenvalue weighted by molar-refractivity contribution is -0.166. The summed E-state index contributed by atoms with van der Waals surface area (Å²) in [6, 6.07) is 29.4. The monoisotopic (exact) mass is 436 g/mol. The number of allylic oxidation sites excluding steroid dienone is 2. The summed E-state index contributed by atoms with van der Waals surface area (Å²) in [5.41, 5.74) is 2.76. The molecule has 0 aliphatic heterocycles. The van der Waals surface area contributed by atoms with Crippen molar-refractivity contribution >= 4 is 22.5 Å². The zero-order valence-corrected chi connectivity index (χ0v) is 18.3. The molecule has 0 amide bonds. The van der Waals surface area contributed by atoms with Crippen LogP contribution in [0.4, 0.5) is 0 Å². The number of benzene rings is 3. The second-order valence-electron chi connectivity index (χ2n) is 8.03. The van der Waals surface area contributed by atoms with E-state index in [4.69, 9.17) is 13.9 Å². The molecule has 2 unspecified atom stereocenters. The maximum atomic E-state index is 12.8. The number of hydrogen-bond acceptors (Lipinski definition) is 4. The van der Waals surface area contributed by atoms with E-state index in [1.54, 1.807) is 0 Å². The highest BCUT2D eigenvalue weighted by atomic mass is 16.6. The van der Waals surface area contributed by atoms with Gasteiger partial charge in [0.1, 0.15) is 16.9 Å². The van der Waals surface area contributed by atoms with Crippen LogP contribution in [0, 0.1) is 0 Å². The highest BCUT2D eigenvalue weighted by molar-refractivity contribution is 5.80. The topological polar surface area (TPSA) is 48.7 Å². The number of methoxy groups -OCH3 is 1. The molecule has 3 aromatic carbocycles. The summed E-state index contributed by atoms with van der Waals surface area (Å²) in [4.78, 5) is 12.8. The van der Waals surface area contributed by atoms with Crippen LogP contribution in [-0.2, 0) is 19.9 Å². The smallest absolute Gasteiger partial charge is 0.339 e. The number of esters is 1. The number of fused-ring (bicyclic) bond motifs is 1. The summed E-state index contributed by atoms with van der Waals surface area (Å²) in [6.45, 7) is 0. The number of ether oxygens (including phenoxy) is 2. The molecule has 0 saturated carbocycles. The summed E-state index contributed by atoms with van der Waals surface area (Å²) in [7, 11) is 1.37. The largest absolute Gasteiger partial charge is 0.467 e. The average molecular weight is 437 g/mol. The molecule has 1 aliphatic rings. The zero-order valence-electron chi connectivity index (χ0n) is 18.3. The van der Waals surface area contributed by atoms with Crippen LogP contribution >= 0.6 is 0 Å². The second-order valence-corrected chi connectivity index (χ2v) is 8.03.